The second kappa shape index (κ2) is 7.93. The molecular formula is C27H27F3O3. The van der Waals surface area contributed by atoms with E-state index in [1.807, 2.05) is 6.92 Å². The predicted octanol–water partition coefficient (Wildman–Crippen LogP) is 7.27. The zero-order valence-electron chi connectivity index (χ0n) is 18.7. The van der Waals surface area contributed by atoms with Gasteiger partial charge in [-0.25, -0.2) is 0 Å². The van der Waals surface area contributed by atoms with E-state index < -0.39 is 11.7 Å². The molecule has 2 aromatic carbocycles. The molecule has 1 N–H and O–H groups in total. The normalized spacial score (nSPS) is 26.6. The van der Waals surface area contributed by atoms with E-state index in [0.29, 0.717) is 35.0 Å². The number of halogens is 3. The van der Waals surface area contributed by atoms with Crippen LogP contribution >= 0.6 is 0 Å². The van der Waals surface area contributed by atoms with Crippen LogP contribution in [-0.4, -0.2) is 10.9 Å². The minimum absolute atomic E-state index is 0.0231. The Morgan fingerprint density at radius 2 is 1.67 bits per heavy atom. The molecule has 3 nitrogen and oxygen atoms in total. The van der Waals surface area contributed by atoms with E-state index in [9.17, 15) is 23.1 Å². The number of Topliss-reactive ketones (excluding diaryl/α,β-unsaturated/α-hetero) is 1. The second-order valence-electron chi connectivity index (χ2n) is 9.62. The molecule has 0 amide bonds. The maximum absolute atomic E-state index is 13.6. The number of fused-ring (bicyclic) bond motifs is 2. The molecule has 3 saturated carbocycles. The number of hydrogen-bond donors (Lipinski definition) is 1. The highest BCUT2D eigenvalue weighted by atomic mass is 19.4. The summed E-state index contributed by atoms with van der Waals surface area (Å²) in [7, 11) is 0. The third-order valence-electron chi connectivity index (χ3n) is 7.74. The van der Waals surface area contributed by atoms with Gasteiger partial charge in [0, 0.05) is 11.8 Å². The molecule has 0 heterocycles. The monoisotopic (exact) mass is 456 g/mol. The Kier molecular flexibility index (Phi) is 5.30. The van der Waals surface area contributed by atoms with Crippen molar-refractivity contribution in [1.29, 1.82) is 0 Å². The van der Waals surface area contributed by atoms with Crippen LogP contribution in [0.1, 0.15) is 54.9 Å². The molecule has 6 rings (SSSR count). The lowest BCUT2D eigenvalue weighted by molar-refractivity contribution is -0.138. The topological polar surface area (TPSA) is 46.5 Å². The molecule has 4 aliphatic carbocycles. The summed E-state index contributed by atoms with van der Waals surface area (Å²) >= 11 is 0. The highest BCUT2D eigenvalue weighted by Crippen LogP contribution is 2.57. The maximum Gasteiger partial charge on any atom is 0.419 e. The van der Waals surface area contributed by atoms with E-state index in [1.165, 1.54) is 6.07 Å². The van der Waals surface area contributed by atoms with Crippen molar-refractivity contribution in [2.45, 2.75) is 52.1 Å². The lowest BCUT2D eigenvalue weighted by Gasteiger charge is -2.44. The van der Waals surface area contributed by atoms with Crippen LogP contribution in [0, 0.1) is 30.6 Å². The number of rotatable bonds is 4. The largest absolute Gasteiger partial charge is 0.511 e. The van der Waals surface area contributed by atoms with Crippen LogP contribution in [0.2, 0.25) is 0 Å². The minimum Gasteiger partial charge on any atom is -0.511 e. The molecule has 4 aliphatic rings. The Hall–Kier alpha value is -2.76. The Morgan fingerprint density at radius 1 is 1.00 bits per heavy atom. The average Bonchev–Trinajstić information content (AvgIpc) is 3.07. The Balaban J connectivity index is 1.55. The molecule has 0 aromatic heterocycles. The smallest absolute Gasteiger partial charge is 0.419 e. The van der Waals surface area contributed by atoms with Crippen molar-refractivity contribution < 1.29 is 27.8 Å². The average molecular weight is 457 g/mol. The fourth-order valence-electron chi connectivity index (χ4n) is 6.19. The van der Waals surface area contributed by atoms with E-state index in [2.05, 4.69) is 0 Å². The fourth-order valence-corrected chi connectivity index (χ4v) is 6.19. The van der Waals surface area contributed by atoms with Gasteiger partial charge in [-0.2, -0.15) is 13.2 Å². The molecule has 0 spiro atoms. The molecule has 2 atom stereocenters. The van der Waals surface area contributed by atoms with Crippen molar-refractivity contribution in [1.82, 2.24) is 0 Å². The molecule has 33 heavy (non-hydrogen) atoms. The van der Waals surface area contributed by atoms with Gasteiger partial charge in [0.05, 0.1) is 11.1 Å². The summed E-state index contributed by atoms with van der Waals surface area (Å²) in [5.41, 5.74) is 1.42. The summed E-state index contributed by atoms with van der Waals surface area (Å²) in [5.74, 6) is 0.404. The van der Waals surface area contributed by atoms with Crippen LogP contribution < -0.4 is 4.74 Å². The number of ether oxygens (including phenoxy) is 1. The molecule has 2 bridgehead atoms. The number of aliphatic hydroxyl groups is 1. The number of carbonyl (C=O) groups excluding carboxylic acids is 1. The van der Waals surface area contributed by atoms with Crippen LogP contribution in [0.25, 0.3) is 5.57 Å². The number of allylic oxidation sites excluding steroid dienone is 2. The van der Waals surface area contributed by atoms with Gasteiger partial charge in [0.2, 0.25) is 0 Å². The van der Waals surface area contributed by atoms with Gasteiger partial charge < -0.3 is 9.84 Å². The van der Waals surface area contributed by atoms with E-state index in [0.717, 1.165) is 37.3 Å². The molecule has 2 aromatic rings. The number of benzene rings is 2. The highest BCUT2D eigenvalue weighted by molar-refractivity contribution is 6.25. The van der Waals surface area contributed by atoms with E-state index >= 15 is 0 Å². The number of ketones is 1. The Morgan fingerprint density at radius 3 is 2.27 bits per heavy atom. The SMILES string of the molecule is CCc1ccc(Oc2ccc(C)cc2C(F)(F)F)cc1C1=C(O)C2C3CCC(CC3)C2C1=O. The van der Waals surface area contributed by atoms with Gasteiger partial charge >= 0.3 is 6.18 Å². The third kappa shape index (κ3) is 3.64. The van der Waals surface area contributed by atoms with Crippen LogP contribution in [0.3, 0.4) is 0 Å². The van der Waals surface area contributed by atoms with Gasteiger partial charge in [-0.05, 0) is 86.3 Å². The zero-order valence-corrected chi connectivity index (χ0v) is 18.7. The summed E-state index contributed by atoms with van der Waals surface area (Å²) in [6.45, 7) is 3.55. The number of alkyl halides is 3. The van der Waals surface area contributed by atoms with E-state index in [4.69, 9.17) is 4.74 Å². The molecular weight excluding hydrogens is 429 g/mol. The standard InChI is InChI=1S/C27H27F3O3/c1-3-15-9-10-18(33-21-11-4-14(2)12-20(21)27(28,29)30)13-19(15)24-25(31)22-16-5-6-17(8-7-16)23(22)26(24)32/h4,9-13,16-17,22-23,31H,3,5-8H2,1-2H3. The molecule has 0 saturated heterocycles. The van der Waals surface area contributed by atoms with Gasteiger partial charge in [-0.15, -0.1) is 0 Å². The lowest BCUT2D eigenvalue weighted by atomic mass is 9.59. The van der Waals surface area contributed by atoms with E-state index in [-0.39, 0.29) is 34.9 Å². The van der Waals surface area contributed by atoms with Crippen molar-refractivity contribution in [3.05, 3.63) is 64.4 Å². The fraction of sp³-hybridized carbons (Fsp3) is 0.444. The zero-order chi connectivity index (χ0) is 23.5. The summed E-state index contributed by atoms with van der Waals surface area (Å²) in [6, 6.07) is 8.95. The maximum atomic E-state index is 13.6. The molecule has 3 fully saturated rings. The van der Waals surface area contributed by atoms with Crippen LogP contribution in [0.4, 0.5) is 13.2 Å². The van der Waals surface area contributed by atoms with Gasteiger partial charge in [0.15, 0.2) is 5.78 Å². The third-order valence-corrected chi connectivity index (χ3v) is 7.74. The molecule has 6 heteroatoms. The summed E-state index contributed by atoms with van der Waals surface area (Å²) in [4.78, 5) is 13.5. The van der Waals surface area contributed by atoms with Crippen LogP contribution in [0.15, 0.2) is 42.2 Å². The first-order valence-corrected chi connectivity index (χ1v) is 11.6. The first-order chi connectivity index (χ1) is 15.7. The van der Waals surface area contributed by atoms with Crippen molar-refractivity contribution in [3.63, 3.8) is 0 Å². The summed E-state index contributed by atoms with van der Waals surface area (Å²) in [6.07, 6.45) is 0.192. The molecule has 174 valence electrons. The quantitative estimate of drug-likeness (QED) is 0.526. The van der Waals surface area contributed by atoms with Gasteiger partial charge in [-0.3, -0.25) is 4.79 Å². The minimum atomic E-state index is -4.55. The first kappa shape index (κ1) is 22.1. The van der Waals surface area contributed by atoms with Gasteiger partial charge in [-0.1, -0.05) is 24.6 Å². The van der Waals surface area contributed by atoms with Crippen molar-refractivity contribution in [2.75, 3.05) is 0 Å². The summed E-state index contributed by atoms with van der Waals surface area (Å²) < 4.78 is 46.4. The van der Waals surface area contributed by atoms with Crippen molar-refractivity contribution >= 4 is 11.4 Å². The number of aryl methyl sites for hydroxylation is 2. The summed E-state index contributed by atoms with van der Waals surface area (Å²) in [5, 5.41) is 11.2. The molecule has 0 radical (unpaired) electrons. The van der Waals surface area contributed by atoms with Crippen LogP contribution in [-0.2, 0) is 17.4 Å². The van der Waals surface area contributed by atoms with Crippen molar-refractivity contribution in [3.8, 4) is 11.5 Å². The number of hydrogen-bond acceptors (Lipinski definition) is 3. The number of aliphatic hydroxyl groups excluding tert-OH is 1. The van der Waals surface area contributed by atoms with Gasteiger partial charge in [0.25, 0.3) is 0 Å². The van der Waals surface area contributed by atoms with Crippen molar-refractivity contribution in [2.24, 2.45) is 23.7 Å². The lowest BCUT2D eigenvalue weighted by Crippen LogP contribution is -2.41. The molecule has 0 aliphatic heterocycles. The van der Waals surface area contributed by atoms with Crippen LogP contribution in [0.5, 0.6) is 11.5 Å². The first-order valence-electron chi connectivity index (χ1n) is 11.6. The highest BCUT2D eigenvalue weighted by Gasteiger charge is 2.54. The number of carbonyl (C=O) groups is 1. The Bertz CT molecular complexity index is 1140. The van der Waals surface area contributed by atoms with Gasteiger partial charge in [0.1, 0.15) is 17.3 Å². The predicted molar refractivity (Wildman–Crippen MR) is 119 cm³/mol. The second-order valence-corrected chi connectivity index (χ2v) is 9.62. The molecule has 2 unspecified atom stereocenters. The Labute approximate surface area is 191 Å². The van der Waals surface area contributed by atoms with E-state index in [1.54, 1.807) is 31.2 Å².